The maximum absolute atomic E-state index is 12.3. The molecule has 1 aromatic rings. The molecule has 1 N–H and O–H groups in total. The molecule has 2 aliphatic carbocycles. The second kappa shape index (κ2) is 5.26. The summed E-state index contributed by atoms with van der Waals surface area (Å²) in [4.78, 5) is 26.1. The Bertz CT molecular complexity index is 517. The summed E-state index contributed by atoms with van der Waals surface area (Å²) >= 11 is 0. The molecule has 0 aromatic carbocycles. The van der Waals surface area contributed by atoms with Crippen LogP contribution in [0.5, 0.6) is 0 Å². The van der Waals surface area contributed by atoms with Crippen molar-refractivity contribution in [3.63, 3.8) is 0 Å². The highest BCUT2D eigenvalue weighted by Crippen LogP contribution is 2.33. The number of carbonyl (C=O) groups is 2. The zero-order chi connectivity index (χ0) is 14.1. The van der Waals surface area contributed by atoms with Gasteiger partial charge in [0.25, 0.3) is 0 Å². The molecule has 2 saturated carbocycles. The maximum Gasteiger partial charge on any atom is 0.245 e. The van der Waals surface area contributed by atoms with Crippen LogP contribution in [0.3, 0.4) is 0 Å². The Morgan fingerprint density at radius 2 is 2.15 bits per heavy atom. The van der Waals surface area contributed by atoms with Crippen molar-refractivity contribution in [3.8, 4) is 0 Å². The van der Waals surface area contributed by atoms with Crippen LogP contribution < -0.4 is 5.32 Å². The minimum atomic E-state index is -0.210. The number of nitrogens with one attached hydrogen (secondary N) is 1. The number of nitrogens with zero attached hydrogens (tertiary/aromatic N) is 2. The minimum Gasteiger partial charge on any atom is -0.360 e. The average Bonchev–Trinajstić information content (AvgIpc) is 3.08. The first-order valence-corrected chi connectivity index (χ1v) is 7.17. The second-order valence-electron chi connectivity index (χ2n) is 5.70. The third-order valence-electron chi connectivity index (χ3n) is 3.93. The van der Waals surface area contributed by atoms with Crippen molar-refractivity contribution in [2.24, 2.45) is 5.92 Å². The van der Waals surface area contributed by atoms with Gasteiger partial charge in [0.1, 0.15) is 12.3 Å². The van der Waals surface area contributed by atoms with Crippen LogP contribution in [0.1, 0.15) is 37.9 Å². The van der Waals surface area contributed by atoms with E-state index in [9.17, 15) is 9.59 Å². The lowest BCUT2D eigenvalue weighted by Gasteiger charge is -2.31. The summed E-state index contributed by atoms with van der Waals surface area (Å²) < 4.78 is 4.90. The molecule has 0 bridgehead atoms. The highest BCUT2D eigenvalue weighted by atomic mass is 16.5. The van der Waals surface area contributed by atoms with Gasteiger partial charge in [0, 0.05) is 18.0 Å². The van der Waals surface area contributed by atoms with Crippen molar-refractivity contribution >= 4 is 17.6 Å². The molecule has 6 heteroatoms. The van der Waals surface area contributed by atoms with Crippen LogP contribution in [-0.4, -0.2) is 34.5 Å². The van der Waals surface area contributed by atoms with E-state index < -0.39 is 0 Å². The number of amides is 2. The molecule has 0 aliphatic heterocycles. The van der Waals surface area contributed by atoms with E-state index in [0.29, 0.717) is 11.6 Å². The van der Waals surface area contributed by atoms with Crippen molar-refractivity contribution in [3.05, 3.63) is 11.8 Å². The monoisotopic (exact) mass is 277 g/mol. The minimum absolute atomic E-state index is 0.117. The lowest BCUT2D eigenvalue weighted by molar-refractivity contribution is -0.141. The number of aromatic nitrogens is 1. The second-order valence-corrected chi connectivity index (χ2v) is 5.70. The number of carbonyl (C=O) groups excluding carboxylic acids is 2. The number of aryl methyl sites for hydroxylation is 1. The predicted octanol–water partition coefficient (Wildman–Crippen LogP) is 1.71. The molecular formula is C14H19N3O3. The van der Waals surface area contributed by atoms with E-state index in [-0.39, 0.29) is 30.3 Å². The van der Waals surface area contributed by atoms with Crippen molar-refractivity contribution < 1.29 is 14.1 Å². The van der Waals surface area contributed by atoms with Gasteiger partial charge in [-0.2, -0.15) is 0 Å². The molecule has 2 fully saturated rings. The van der Waals surface area contributed by atoms with Gasteiger partial charge in [-0.15, -0.1) is 0 Å². The SMILES string of the molecule is Cc1cc(NC(=O)CN(C(=O)C2CCC2)C2CC2)no1. The number of rotatable bonds is 5. The summed E-state index contributed by atoms with van der Waals surface area (Å²) in [7, 11) is 0. The standard InChI is InChI=1S/C14H19N3O3/c1-9-7-12(16-20-9)15-13(18)8-17(11-5-6-11)14(19)10-3-2-4-10/h7,10-11H,2-6,8H2,1H3,(H,15,16,18). The molecule has 0 saturated heterocycles. The molecule has 3 rings (SSSR count). The van der Waals surface area contributed by atoms with E-state index in [1.165, 1.54) is 0 Å². The average molecular weight is 277 g/mol. The quantitative estimate of drug-likeness (QED) is 0.889. The van der Waals surface area contributed by atoms with Crippen LogP contribution in [0.25, 0.3) is 0 Å². The maximum atomic E-state index is 12.3. The Balaban J connectivity index is 1.58. The van der Waals surface area contributed by atoms with Gasteiger partial charge < -0.3 is 14.7 Å². The molecule has 6 nitrogen and oxygen atoms in total. The van der Waals surface area contributed by atoms with E-state index in [1.807, 2.05) is 0 Å². The molecule has 0 spiro atoms. The Kier molecular flexibility index (Phi) is 3.46. The summed E-state index contributed by atoms with van der Waals surface area (Å²) in [6, 6.07) is 1.92. The van der Waals surface area contributed by atoms with Crippen molar-refractivity contribution in [1.82, 2.24) is 10.1 Å². The van der Waals surface area contributed by atoms with Gasteiger partial charge in [-0.3, -0.25) is 9.59 Å². The third kappa shape index (κ3) is 2.84. The van der Waals surface area contributed by atoms with Crippen molar-refractivity contribution in [2.45, 2.75) is 45.1 Å². The van der Waals surface area contributed by atoms with Crippen LogP contribution in [0.15, 0.2) is 10.6 Å². The van der Waals surface area contributed by atoms with Crippen LogP contribution in [0, 0.1) is 12.8 Å². The smallest absolute Gasteiger partial charge is 0.245 e. The molecule has 2 amide bonds. The first-order valence-electron chi connectivity index (χ1n) is 7.17. The van der Waals surface area contributed by atoms with Gasteiger partial charge in [0.05, 0.1) is 0 Å². The van der Waals surface area contributed by atoms with Gasteiger partial charge in [-0.05, 0) is 32.6 Å². The van der Waals surface area contributed by atoms with Crippen molar-refractivity contribution in [1.29, 1.82) is 0 Å². The van der Waals surface area contributed by atoms with E-state index in [0.717, 1.165) is 32.1 Å². The van der Waals surface area contributed by atoms with E-state index >= 15 is 0 Å². The molecule has 1 heterocycles. The molecule has 20 heavy (non-hydrogen) atoms. The fourth-order valence-corrected chi connectivity index (χ4v) is 2.43. The zero-order valence-corrected chi connectivity index (χ0v) is 11.6. The Hall–Kier alpha value is -1.85. The first-order chi connectivity index (χ1) is 9.63. The molecule has 0 atom stereocenters. The van der Waals surface area contributed by atoms with Gasteiger partial charge in [-0.1, -0.05) is 11.6 Å². The highest BCUT2D eigenvalue weighted by molar-refractivity contribution is 5.94. The lowest BCUT2D eigenvalue weighted by atomic mass is 9.84. The van der Waals surface area contributed by atoms with Crippen LogP contribution in [-0.2, 0) is 9.59 Å². The first kappa shape index (κ1) is 13.1. The van der Waals surface area contributed by atoms with Crippen molar-refractivity contribution in [2.75, 3.05) is 11.9 Å². The van der Waals surface area contributed by atoms with Gasteiger partial charge in [0.2, 0.25) is 11.8 Å². The topological polar surface area (TPSA) is 75.4 Å². The van der Waals surface area contributed by atoms with E-state index in [2.05, 4.69) is 10.5 Å². The summed E-state index contributed by atoms with van der Waals surface area (Å²) in [5, 5.41) is 6.39. The van der Waals surface area contributed by atoms with Crippen LogP contribution in [0.4, 0.5) is 5.82 Å². The summed E-state index contributed by atoms with van der Waals surface area (Å²) in [6.07, 6.45) is 5.07. The van der Waals surface area contributed by atoms with E-state index in [1.54, 1.807) is 17.9 Å². The number of anilines is 1. The lowest BCUT2D eigenvalue weighted by Crippen LogP contribution is -2.44. The molecule has 0 radical (unpaired) electrons. The molecule has 2 aliphatic rings. The summed E-state index contributed by atoms with van der Waals surface area (Å²) in [5.41, 5.74) is 0. The Labute approximate surface area is 117 Å². The summed E-state index contributed by atoms with van der Waals surface area (Å²) in [6.45, 7) is 1.88. The van der Waals surface area contributed by atoms with Gasteiger partial charge >= 0.3 is 0 Å². The number of hydrogen-bond donors (Lipinski definition) is 1. The van der Waals surface area contributed by atoms with Crippen LogP contribution in [0.2, 0.25) is 0 Å². The van der Waals surface area contributed by atoms with Crippen LogP contribution >= 0.6 is 0 Å². The highest BCUT2D eigenvalue weighted by Gasteiger charge is 2.38. The molecular weight excluding hydrogens is 258 g/mol. The predicted molar refractivity (Wildman–Crippen MR) is 71.9 cm³/mol. The number of hydrogen-bond acceptors (Lipinski definition) is 4. The van der Waals surface area contributed by atoms with Gasteiger partial charge in [0.15, 0.2) is 5.82 Å². The van der Waals surface area contributed by atoms with E-state index in [4.69, 9.17) is 4.52 Å². The Morgan fingerprint density at radius 1 is 1.40 bits per heavy atom. The largest absolute Gasteiger partial charge is 0.360 e. The fourth-order valence-electron chi connectivity index (χ4n) is 2.43. The fraction of sp³-hybridized carbons (Fsp3) is 0.643. The summed E-state index contributed by atoms with van der Waals surface area (Å²) in [5.74, 6) is 1.12. The molecule has 108 valence electrons. The third-order valence-corrected chi connectivity index (χ3v) is 3.93. The Morgan fingerprint density at radius 3 is 2.65 bits per heavy atom. The van der Waals surface area contributed by atoms with Gasteiger partial charge in [-0.25, -0.2) is 0 Å². The zero-order valence-electron chi connectivity index (χ0n) is 11.6. The molecule has 1 aromatic heterocycles. The molecule has 0 unspecified atom stereocenters. The normalized spacial score (nSPS) is 18.4.